The molecule has 1 N–H and O–H groups in total. The van der Waals surface area contributed by atoms with E-state index in [4.69, 9.17) is 9.26 Å². The number of β-amino-alcohol motifs (C(OH)–C–C–N with tert-alkyl or cyclic N) is 1. The number of hydrogen-bond donors (Lipinski definition) is 1. The summed E-state index contributed by atoms with van der Waals surface area (Å²) in [5.41, 5.74) is 0. The highest BCUT2D eigenvalue weighted by Gasteiger charge is 2.38. The number of aliphatic hydroxyl groups excluding tert-OH is 1. The van der Waals surface area contributed by atoms with Crippen molar-refractivity contribution < 1.29 is 23.6 Å². The standard InChI is InChI=1S/C17H20FN3O4/c1-11-19-17(25-20-11)15-9-13(22)10-21(15)16(23)6-3-7-24-14-5-2-4-12(18)8-14/h2,4-5,8,13,15,22H,3,6-7,9-10H2,1H3/t13-,15-/m1/s1. The van der Waals surface area contributed by atoms with E-state index in [9.17, 15) is 14.3 Å². The number of amides is 1. The molecule has 3 rings (SSSR count). The number of aliphatic hydroxyl groups is 1. The summed E-state index contributed by atoms with van der Waals surface area (Å²) in [4.78, 5) is 18.2. The molecule has 1 aromatic heterocycles. The number of carbonyl (C=O) groups is 1. The number of likely N-dealkylation sites (tertiary alicyclic amines) is 1. The lowest BCUT2D eigenvalue weighted by atomic mass is 10.2. The molecule has 0 spiro atoms. The van der Waals surface area contributed by atoms with Crippen LogP contribution in [0.3, 0.4) is 0 Å². The van der Waals surface area contributed by atoms with E-state index in [1.807, 2.05) is 0 Å². The van der Waals surface area contributed by atoms with Crippen molar-refractivity contribution in [1.82, 2.24) is 15.0 Å². The molecule has 1 aliphatic rings. The van der Waals surface area contributed by atoms with Crippen LogP contribution in [0, 0.1) is 12.7 Å². The molecule has 2 aromatic rings. The van der Waals surface area contributed by atoms with Crippen LogP contribution in [0.5, 0.6) is 5.75 Å². The maximum Gasteiger partial charge on any atom is 0.249 e. The molecule has 1 aromatic carbocycles. The Bertz CT molecular complexity index is 736. The highest BCUT2D eigenvalue weighted by Crippen LogP contribution is 2.31. The van der Waals surface area contributed by atoms with Gasteiger partial charge in [0.15, 0.2) is 5.82 Å². The first-order chi connectivity index (χ1) is 12.0. The molecule has 0 bridgehead atoms. The third-order valence-electron chi connectivity index (χ3n) is 4.03. The van der Waals surface area contributed by atoms with Gasteiger partial charge in [-0.2, -0.15) is 4.98 Å². The monoisotopic (exact) mass is 349 g/mol. The van der Waals surface area contributed by atoms with Crippen LogP contribution in [0.2, 0.25) is 0 Å². The van der Waals surface area contributed by atoms with Crippen LogP contribution < -0.4 is 4.74 Å². The molecule has 8 heteroatoms. The summed E-state index contributed by atoms with van der Waals surface area (Å²) in [6.07, 6.45) is 0.515. The normalized spacial score (nSPS) is 20.0. The summed E-state index contributed by atoms with van der Waals surface area (Å²) in [5.74, 6) is 0.798. The van der Waals surface area contributed by atoms with Gasteiger partial charge in [0.25, 0.3) is 0 Å². The molecule has 7 nitrogen and oxygen atoms in total. The molecule has 25 heavy (non-hydrogen) atoms. The van der Waals surface area contributed by atoms with Crippen LogP contribution in [0.1, 0.15) is 37.0 Å². The van der Waals surface area contributed by atoms with Crippen LogP contribution in [-0.2, 0) is 4.79 Å². The average molecular weight is 349 g/mol. The first-order valence-electron chi connectivity index (χ1n) is 8.19. The van der Waals surface area contributed by atoms with Crippen molar-refractivity contribution in [2.45, 2.75) is 38.3 Å². The van der Waals surface area contributed by atoms with Crippen molar-refractivity contribution in [1.29, 1.82) is 0 Å². The zero-order valence-corrected chi connectivity index (χ0v) is 13.9. The van der Waals surface area contributed by atoms with E-state index in [2.05, 4.69) is 10.1 Å². The summed E-state index contributed by atoms with van der Waals surface area (Å²) >= 11 is 0. The van der Waals surface area contributed by atoms with E-state index < -0.39 is 12.1 Å². The first kappa shape index (κ1) is 17.3. The van der Waals surface area contributed by atoms with Gasteiger partial charge in [-0.1, -0.05) is 11.2 Å². The Hall–Kier alpha value is -2.48. The van der Waals surface area contributed by atoms with E-state index in [1.165, 1.54) is 12.1 Å². The van der Waals surface area contributed by atoms with Crippen molar-refractivity contribution in [3.05, 3.63) is 41.8 Å². The molecule has 0 saturated carbocycles. The van der Waals surface area contributed by atoms with Gasteiger partial charge in [-0.3, -0.25) is 4.79 Å². The molecule has 134 valence electrons. The van der Waals surface area contributed by atoms with E-state index in [-0.39, 0.29) is 24.7 Å². The number of rotatable bonds is 6. The van der Waals surface area contributed by atoms with Gasteiger partial charge in [0.05, 0.1) is 12.7 Å². The van der Waals surface area contributed by atoms with Crippen molar-refractivity contribution >= 4 is 5.91 Å². The predicted octanol–water partition coefficient (Wildman–Crippen LogP) is 2.01. The Morgan fingerprint density at radius 3 is 3.08 bits per heavy atom. The van der Waals surface area contributed by atoms with Crippen molar-refractivity contribution in [3.8, 4) is 5.75 Å². The van der Waals surface area contributed by atoms with Gasteiger partial charge >= 0.3 is 0 Å². The van der Waals surface area contributed by atoms with E-state index in [0.29, 0.717) is 36.9 Å². The van der Waals surface area contributed by atoms with E-state index >= 15 is 0 Å². The summed E-state index contributed by atoms with van der Waals surface area (Å²) < 4.78 is 23.6. The van der Waals surface area contributed by atoms with Crippen molar-refractivity contribution in [3.63, 3.8) is 0 Å². The minimum Gasteiger partial charge on any atom is -0.493 e. The van der Waals surface area contributed by atoms with Gasteiger partial charge in [0.1, 0.15) is 17.6 Å². The molecule has 2 atom stereocenters. The SMILES string of the molecule is Cc1noc([C@H]2C[C@@H](O)CN2C(=O)CCCOc2cccc(F)c2)n1. The highest BCUT2D eigenvalue weighted by molar-refractivity contribution is 5.77. The lowest BCUT2D eigenvalue weighted by molar-refractivity contribution is -0.133. The third-order valence-corrected chi connectivity index (χ3v) is 4.03. The summed E-state index contributed by atoms with van der Waals surface area (Å²) in [6.45, 7) is 2.25. The van der Waals surface area contributed by atoms with Gasteiger partial charge in [-0.25, -0.2) is 4.39 Å². The molecular weight excluding hydrogens is 329 g/mol. The Morgan fingerprint density at radius 1 is 1.52 bits per heavy atom. The highest BCUT2D eigenvalue weighted by atomic mass is 19.1. The zero-order valence-electron chi connectivity index (χ0n) is 13.9. The topological polar surface area (TPSA) is 88.7 Å². The molecule has 0 radical (unpaired) electrons. The predicted molar refractivity (Wildman–Crippen MR) is 85.2 cm³/mol. The first-order valence-corrected chi connectivity index (χ1v) is 8.19. The molecule has 1 fully saturated rings. The van der Waals surface area contributed by atoms with Crippen molar-refractivity contribution in [2.24, 2.45) is 0 Å². The van der Waals surface area contributed by atoms with Crippen LogP contribution in [0.4, 0.5) is 4.39 Å². The van der Waals surface area contributed by atoms with Crippen LogP contribution in [-0.4, -0.2) is 45.3 Å². The summed E-state index contributed by atoms with van der Waals surface area (Å²) in [7, 11) is 0. The average Bonchev–Trinajstić information content (AvgIpc) is 3.17. The lowest BCUT2D eigenvalue weighted by Crippen LogP contribution is -2.32. The second-order valence-electron chi connectivity index (χ2n) is 6.04. The van der Waals surface area contributed by atoms with E-state index in [0.717, 1.165) is 0 Å². The quantitative estimate of drug-likeness (QED) is 0.803. The number of carbonyl (C=O) groups excluding carboxylic acids is 1. The largest absolute Gasteiger partial charge is 0.493 e. The molecule has 1 amide bonds. The fraction of sp³-hybridized carbons (Fsp3) is 0.471. The molecule has 2 heterocycles. The van der Waals surface area contributed by atoms with Crippen molar-refractivity contribution in [2.75, 3.05) is 13.2 Å². The Balaban J connectivity index is 1.51. The second kappa shape index (κ2) is 7.60. The molecule has 0 aliphatic carbocycles. The zero-order chi connectivity index (χ0) is 17.8. The summed E-state index contributed by atoms with van der Waals surface area (Å²) in [6, 6.07) is 5.47. The number of halogens is 1. The fourth-order valence-electron chi connectivity index (χ4n) is 2.89. The number of aromatic nitrogens is 2. The smallest absolute Gasteiger partial charge is 0.249 e. The van der Waals surface area contributed by atoms with Crippen LogP contribution in [0.25, 0.3) is 0 Å². The Morgan fingerprint density at radius 2 is 2.36 bits per heavy atom. The molecule has 1 saturated heterocycles. The van der Waals surface area contributed by atoms with Gasteiger partial charge in [0.2, 0.25) is 11.8 Å². The van der Waals surface area contributed by atoms with Gasteiger partial charge in [-0.05, 0) is 25.5 Å². The number of aryl methyl sites for hydroxylation is 1. The molecule has 0 unspecified atom stereocenters. The maximum absolute atomic E-state index is 13.1. The summed E-state index contributed by atoms with van der Waals surface area (Å²) in [5, 5.41) is 13.6. The molecule has 1 aliphatic heterocycles. The van der Waals surface area contributed by atoms with Crippen LogP contribution >= 0.6 is 0 Å². The van der Waals surface area contributed by atoms with Gasteiger partial charge in [0, 0.05) is 25.5 Å². The maximum atomic E-state index is 13.1. The number of hydrogen-bond acceptors (Lipinski definition) is 6. The number of benzene rings is 1. The fourth-order valence-corrected chi connectivity index (χ4v) is 2.89. The van der Waals surface area contributed by atoms with Gasteiger partial charge < -0.3 is 19.3 Å². The Labute approximate surface area is 144 Å². The number of ether oxygens (including phenoxy) is 1. The second-order valence-corrected chi connectivity index (χ2v) is 6.04. The lowest BCUT2D eigenvalue weighted by Gasteiger charge is -2.21. The minimum absolute atomic E-state index is 0.111. The Kier molecular flexibility index (Phi) is 5.28. The van der Waals surface area contributed by atoms with Gasteiger partial charge in [-0.15, -0.1) is 0 Å². The minimum atomic E-state index is -0.607. The number of nitrogens with zero attached hydrogens (tertiary/aromatic N) is 3. The van der Waals surface area contributed by atoms with E-state index in [1.54, 1.807) is 24.0 Å². The van der Waals surface area contributed by atoms with Crippen LogP contribution in [0.15, 0.2) is 28.8 Å². The third kappa shape index (κ3) is 4.33. The molecular formula is C17H20FN3O4.